The van der Waals surface area contributed by atoms with Gasteiger partial charge in [-0.3, -0.25) is 11.3 Å². The summed E-state index contributed by atoms with van der Waals surface area (Å²) >= 11 is 5.85. The van der Waals surface area contributed by atoms with E-state index >= 15 is 0 Å². The van der Waals surface area contributed by atoms with E-state index in [2.05, 4.69) is 5.43 Å². The number of hydrogen-bond acceptors (Lipinski definition) is 2. The fourth-order valence-corrected chi connectivity index (χ4v) is 2.24. The third kappa shape index (κ3) is 2.95. The van der Waals surface area contributed by atoms with Crippen molar-refractivity contribution in [2.45, 2.75) is 12.5 Å². The van der Waals surface area contributed by atoms with E-state index in [-0.39, 0.29) is 17.0 Å². The van der Waals surface area contributed by atoms with Gasteiger partial charge in [0.1, 0.15) is 17.5 Å². The van der Waals surface area contributed by atoms with Crippen molar-refractivity contribution in [1.29, 1.82) is 0 Å². The van der Waals surface area contributed by atoms with Crippen LogP contribution in [0.15, 0.2) is 36.4 Å². The monoisotopic (exact) mass is 300 g/mol. The summed E-state index contributed by atoms with van der Waals surface area (Å²) in [6.45, 7) is 0. The Morgan fingerprint density at radius 3 is 2.15 bits per heavy atom. The largest absolute Gasteiger partial charge is 0.271 e. The highest BCUT2D eigenvalue weighted by Crippen LogP contribution is 2.28. The van der Waals surface area contributed by atoms with E-state index in [1.54, 1.807) is 6.07 Å². The second kappa shape index (κ2) is 6.26. The molecule has 0 saturated carbocycles. The average molecular weight is 301 g/mol. The molecule has 0 amide bonds. The van der Waals surface area contributed by atoms with Gasteiger partial charge >= 0.3 is 0 Å². The highest BCUT2D eigenvalue weighted by Gasteiger charge is 2.19. The van der Waals surface area contributed by atoms with Crippen LogP contribution >= 0.6 is 11.6 Å². The van der Waals surface area contributed by atoms with E-state index in [4.69, 9.17) is 17.4 Å². The molecule has 106 valence electrons. The van der Waals surface area contributed by atoms with Crippen LogP contribution in [0.3, 0.4) is 0 Å². The number of rotatable bonds is 4. The molecule has 0 heterocycles. The first kappa shape index (κ1) is 14.8. The minimum absolute atomic E-state index is 0.0851. The van der Waals surface area contributed by atoms with Gasteiger partial charge in [-0.05, 0) is 30.2 Å². The van der Waals surface area contributed by atoms with Crippen LogP contribution in [0.4, 0.5) is 13.2 Å². The maximum Gasteiger partial charge on any atom is 0.142 e. The Morgan fingerprint density at radius 2 is 1.55 bits per heavy atom. The fraction of sp³-hybridized carbons (Fsp3) is 0.143. The van der Waals surface area contributed by atoms with Crippen molar-refractivity contribution < 1.29 is 13.2 Å². The van der Waals surface area contributed by atoms with E-state index in [1.807, 2.05) is 0 Å². The summed E-state index contributed by atoms with van der Waals surface area (Å²) in [5, 5.41) is -0.118. The molecule has 3 N–H and O–H groups in total. The molecule has 6 heteroatoms. The van der Waals surface area contributed by atoms with Crippen LogP contribution in [0.25, 0.3) is 0 Å². The number of benzene rings is 2. The molecule has 0 radical (unpaired) electrons. The van der Waals surface area contributed by atoms with E-state index in [0.29, 0.717) is 5.56 Å². The van der Waals surface area contributed by atoms with E-state index in [0.717, 1.165) is 12.1 Å². The van der Waals surface area contributed by atoms with Crippen LogP contribution in [-0.4, -0.2) is 0 Å². The molecule has 0 aliphatic rings. The summed E-state index contributed by atoms with van der Waals surface area (Å²) in [5.74, 6) is 3.42. The van der Waals surface area contributed by atoms with Gasteiger partial charge < -0.3 is 0 Å². The van der Waals surface area contributed by atoms with Gasteiger partial charge in [0.2, 0.25) is 0 Å². The average Bonchev–Trinajstić information content (AvgIpc) is 2.42. The Bertz CT molecular complexity index is 599. The van der Waals surface area contributed by atoms with E-state index in [1.165, 1.54) is 18.2 Å². The van der Waals surface area contributed by atoms with Gasteiger partial charge in [-0.15, -0.1) is 0 Å². The van der Waals surface area contributed by atoms with Gasteiger partial charge in [0.05, 0.1) is 11.1 Å². The van der Waals surface area contributed by atoms with Gasteiger partial charge in [-0.2, -0.15) is 0 Å². The molecule has 1 unspecified atom stereocenters. The Labute approximate surface area is 119 Å². The Hall–Kier alpha value is -1.56. The summed E-state index contributed by atoms with van der Waals surface area (Å²) in [4.78, 5) is 0. The molecule has 2 nitrogen and oxygen atoms in total. The van der Waals surface area contributed by atoms with E-state index < -0.39 is 23.5 Å². The van der Waals surface area contributed by atoms with Crippen LogP contribution in [0.2, 0.25) is 5.02 Å². The van der Waals surface area contributed by atoms with Crippen molar-refractivity contribution in [3.05, 3.63) is 70.0 Å². The maximum absolute atomic E-state index is 13.6. The lowest BCUT2D eigenvalue weighted by atomic mass is 9.98. The maximum atomic E-state index is 13.6. The lowest BCUT2D eigenvalue weighted by Gasteiger charge is -2.18. The highest BCUT2D eigenvalue weighted by atomic mass is 35.5. The predicted molar refractivity (Wildman–Crippen MR) is 71.5 cm³/mol. The molecule has 0 aromatic heterocycles. The number of nitrogens with one attached hydrogen (secondary N) is 1. The molecule has 2 aromatic carbocycles. The van der Waals surface area contributed by atoms with Crippen molar-refractivity contribution in [3.63, 3.8) is 0 Å². The van der Waals surface area contributed by atoms with Crippen molar-refractivity contribution in [2.75, 3.05) is 0 Å². The predicted octanol–water partition coefficient (Wildman–Crippen LogP) is 3.50. The molecular formula is C14H12ClF3N2. The number of hydrazine groups is 1. The summed E-state index contributed by atoms with van der Waals surface area (Å²) < 4.78 is 40.7. The minimum atomic E-state index is -0.704. The van der Waals surface area contributed by atoms with Gasteiger partial charge in [0.15, 0.2) is 0 Å². The van der Waals surface area contributed by atoms with Crippen LogP contribution in [0.5, 0.6) is 0 Å². The molecule has 2 rings (SSSR count). The quantitative estimate of drug-likeness (QED) is 0.670. The summed E-state index contributed by atoms with van der Waals surface area (Å²) in [6.07, 6.45) is -0.0851. The lowest BCUT2D eigenvalue weighted by molar-refractivity contribution is 0.498. The van der Waals surface area contributed by atoms with Gasteiger partial charge in [-0.25, -0.2) is 13.2 Å². The molecular weight excluding hydrogens is 289 g/mol. The van der Waals surface area contributed by atoms with Crippen LogP contribution in [0.1, 0.15) is 17.2 Å². The summed E-state index contributed by atoms with van der Waals surface area (Å²) in [6, 6.07) is 7.08. The molecule has 0 fully saturated rings. The van der Waals surface area contributed by atoms with Gasteiger partial charge in [0.25, 0.3) is 0 Å². The Balaban J connectivity index is 2.37. The molecule has 0 aliphatic heterocycles. The van der Waals surface area contributed by atoms with Crippen LogP contribution in [-0.2, 0) is 6.42 Å². The topological polar surface area (TPSA) is 38.0 Å². The van der Waals surface area contributed by atoms with Crippen LogP contribution in [0, 0.1) is 17.5 Å². The zero-order valence-electron chi connectivity index (χ0n) is 10.3. The standard InChI is InChI=1S/C14H12ClF3N2/c15-14-8(3-1-6-12(14)18)13(20-19)7-9-10(16)4-2-5-11(9)17/h1-6,13,20H,7,19H2. The smallest absolute Gasteiger partial charge is 0.142 e. The zero-order valence-corrected chi connectivity index (χ0v) is 11.1. The second-order valence-corrected chi connectivity index (χ2v) is 4.64. The first-order valence-electron chi connectivity index (χ1n) is 5.87. The third-order valence-electron chi connectivity index (χ3n) is 3.03. The molecule has 0 bridgehead atoms. The van der Waals surface area contributed by atoms with E-state index in [9.17, 15) is 13.2 Å². The first-order chi connectivity index (χ1) is 9.54. The molecule has 0 saturated heterocycles. The van der Waals surface area contributed by atoms with Crippen molar-refractivity contribution in [3.8, 4) is 0 Å². The minimum Gasteiger partial charge on any atom is -0.271 e. The second-order valence-electron chi connectivity index (χ2n) is 4.27. The normalized spacial score (nSPS) is 12.4. The number of hydrogen-bond donors (Lipinski definition) is 2. The van der Waals surface area contributed by atoms with Crippen molar-refractivity contribution in [2.24, 2.45) is 5.84 Å². The van der Waals surface area contributed by atoms with Crippen molar-refractivity contribution >= 4 is 11.6 Å². The molecule has 1 atom stereocenters. The molecule has 20 heavy (non-hydrogen) atoms. The fourth-order valence-electron chi connectivity index (χ4n) is 1.98. The number of halogens is 4. The molecule has 0 aliphatic carbocycles. The number of nitrogens with two attached hydrogens (primary N) is 1. The highest BCUT2D eigenvalue weighted by molar-refractivity contribution is 6.31. The molecule has 2 aromatic rings. The zero-order chi connectivity index (χ0) is 14.7. The Kier molecular flexibility index (Phi) is 4.65. The third-order valence-corrected chi connectivity index (χ3v) is 3.43. The SMILES string of the molecule is NNC(Cc1c(F)cccc1F)c1cccc(F)c1Cl. The summed E-state index contributed by atoms with van der Waals surface area (Å²) in [7, 11) is 0. The summed E-state index contributed by atoms with van der Waals surface area (Å²) in [5.41, 5.74) is 2.62. The van der Waals surface area contributed by atoms with Crippen LogP contribution < -0.4 is 11.3 Å². The lowest BCUT2D eigenvalue weighted by Crippen LogP contribution is -2.30. The van der Waals surface area contributed by atoms with Gasteiger partial charge in [-0.1, -0.05) is 29.8 Å². The first-order valence-corrected chi connectivity index (χ1v) is 6.25. The molecule has 0 spiro atoms. The van der Waals surface area contributed by atoms with Gasteiger partial charge in [0, 0.05) is 5.56 Å². The Morgan fingerprint density at radius 1 is 1.00 bits per heavy atom. The van der Waals surface area contributed by atoms with Crippen molar-refractivity contribution in [1.82, 2.24) is 5.43 Å².